The van der Waals surface area contributed by atoms with Crippen molar-refractivity contribution >= 4 is 38.1 Å². The minimum absolute atomic E-state index is 0.483. The first-order valence-corrected chi connectivity index (χ1v) is 6.87. The van der Waals surface area contributed by atoms with Crippen molar-refractivity contribution in [3.63, 3.8) is 0 Å². The maximum Gasteiger partial charge on any atom is 0.247 e. The van der Waals surface area contributed by atoms with E-state index >= 15 is 0 Å². The molecule has 0 aliphatic rings. The molecule has 0 aliphatic carbocycles. The Morgan fingerprint density at radius 2 is 1.75 bits per heavy atom. The van der Waals surface area contributed by atoms with Crippen molar-refractivity contribution < 1.29 is 4.42 Å². The standard InChI is InChI=1S/C15H8BrN3O/c16-9-5-6-14-12(7-9)19-15(20-14)13-8-17-10-3-1-2-4-11(10)18-13/h1-8H. The van der Waals surface area contributed by atoms with Crippen LogP contribution in [-0.2, 0) is 0 Å². The molecule has 0 fully saturated rings. The molecular weight excluding hydrogens is 318 g/mol. The Hall–Kier alpha value is -2.27. The Balaban J connectivity index is 1.91. The lowest BCUT2D eigenvalue weighted by molar-refractivity contribution is 0.616. The van der Waals surface area contributed by atoms with Gasteiger partial charge >= 0.3 is 0 Å². The largest absolute Gasteiger partial charge is 0.435 e. The topological polar surface area (TPSA) is 51.8 Å². The minimum Gasteiger partial charge on any atom is -0.435 e. The number of para-hydroxylation sites is 2. The third-order valence-electron chi connectivity index (χ3n) is 3.02. The number of nitrogens with zero attached hydrogens (tertiary/aromatic N) is 3. The molecule has 0 saturated carbocycles. The van der Waals surface area contributed by atoms with Gasteiger partial charge in [0.05, 0.1) is 17.2 Å². The highest BCUT2D eigenvalue weighted by Crippen LogP contribution is 2.25. The molecule has 5 heteroatoms. The number of rotatable bonds is 1. The zero-order chi connectivity index (χ0) is 13.5. The first-order valence-electron chi connectivity index (χ1n) is 6.08. The Bertz CT molecular complexity index is 933. The Morgan fingerprint density at radius 1 is 0.900 bits per heavy atom. The fourth-order valence-electron chi connectivity index (χ4n) is 2.07. The van der Waals surface area contributed by atoms with Gasteiger partial charge in [-0.15, -0.1) is 0 Å². The summed E-state index contributed by atoms with van der Waals surface area (Å²) in [6, 6.07) is 13.4. The predicted molar refractivity (Wildman–Crippen MR) is 80.2 cm³/mol. The molecule has 0 radical (unpaired) electrons. The third kappa shape index (κ3) is 1.87. The average Bonchev–Trinajstić information content (AvgIpc) is 2.89. The van der Waals surface area contributed by atoms with Crippen molar-refractivity contribution in [3.05, 3.63) is 53.1 Å². The molecule has 0 unspecified atom stereocenters. The quantitative estimate of drug-likeness (QED) is 0.526. The van der Waals surface area contributed by atoms with Crippen LogP contribution in [0.25, 0.3) is 33.7 Å². The van der Waals surface area contributed by atoms with Gasteiger partial charge < -0.3 is 4.42 Å². The van der Waals surface area contributed by atoms with Crippen LogP contribution < -0.4 is 0 Å². The highest BCUT2D eigenvalue weighted by molar-refractivity contribution is 9.10. The molecule has 2 heterocycles. The molecule has 0 bridgehead atoms. The molecule has 96 valence electrons. The van der Waals surface area contributed by atoms with E-state index in [0.717, 1.165) is 26.6 Å². The molecule has 0 aliphatic heterocycles. The van der Waals surface area contributed by atoms with Gasteiger partial charge in [0.1, 0.15) is 11.2 Å². The number of hydrogen-bond acceptors (Lipinski definition) is 4. The molecule has 2 aromatic heterocycles. The second kappa shape index (κ2) is 4.38. The zero-order valence-electron chi connectivity index (χ0n) is 10.2. The van der Waals surface area contributed by atoms with Gasteiger partial charge in [-0.3, -0.25) is 4.98 Å². The molecule has 4 nitrogen and oxygen atoms in total. The highest BCUT2D eigenvalue weighted by Gasteiger charge is 2.10. The first kappa shape index (κ1) is 11.5. The van der Waals surface area contributed by atoms with Crippen LogP contribution >= 0.6 is 15.9 Å². The third-order valence-corrected chi connectivity index (χ3v) is 3.51. The lowest BCUT2D eigenvalue weighted by Gasteiger charge is -1.97. The summed E-state index contributed by atoms with van der Waals surface area (Å²) in [6.45, 7) is 0. The second-order valence-electron chi connectivity index (χ2n) is 4.38. The lowest BCUT2D eigenvalue weighted by atomic mass is 10.3. The number of hydrogen-bond donors (Lipinski definition) is 0. The van der Waals surface area contributed by atoms with Gasteiger partial charge in [-0.25, -0.2) is 9.97 Å². The Labute approximate surface area is 122 Å². The summed E-state index contributed by atoms with van der Waals surface area (Å²) in [5.74, 6) is 0.483. The van der Waals surface area contributed by atoms with Crippen LogP contribution in [0.1, 0.15) is 0 Å². The number of fused-ring (bicyclic) bond motifs is 2. The maximum absolute atomic E-state index is 5.72. The lowest BCUT2D eigenvalue weighted by Crippen LogP contribution is -1.88. The first-order chi connectivity index (χ1) is 9.79. The molecule has 0 saturated heterocycles. The Morgan fingerprint density at radius 3 is 2.65 bits per heavy atom. The predicted octanol–water partition coefficient (Wildman–Crippen LogP) is 4.20. The van der Waals surface area contributed by atoms with E-state index in [1.165, 1.54) is 0 Å². The van der Waals surface area contributed by atoms with Crippen molar-refractivity contribution in [2.75, 3.05) is 0 Å². The van der Waals surface area contributed by atoms with Gasteiger partial charge in [-0.2, -0.15) is 0 Å². The van der Waals surface area contributed by atoms with E-state index in [2.05, 4.69) is 30.9 Å². The molecule has 0 N–H and O–H groups in total. The fourth-order valence-corrected chi connectivity index (χ4v) is 2.42. The van der Waals surface area contributed by atoms with E-state index in [1.807, 2.05) is 42.5 Å². The SMILES string of the molecule is Brc1ccc2oc(-c3cnc4ccccc4n3)nc2c1. The molecule has 4 rings (SSSR count). The molecule has 0 spiro atoms. The summed E-state index contributed by atoms with van der Waals surface area (Å²) in [5.41, 5.74) is 3.85. The van der Waals surface area contributed by atoms with Crippen LogP contribution in [0.3, 0.4) is 0 Å². The smallest absolute Gasteiger partial charge is 0.247 e. The highest BCUT2D eigenvalue weighted by atomic mass is 79.9. The monoisotopic (exact) mass is 325 g/mol. The fraction of sp³-hybridized carbons (Fsp3) is 0. The van der Waals surface area contributed by atoms with Crippen molar-refractivity contribution in [3.8, 4) is 11.6 Å². The minimum atomic E-state index is 0.483. The van der Waals surface area contributed by atoms with E-state index in [-0.39, 0.29) is 0 Å². The van der Waals surface area contributed by atoms with Gasteiger partial charge in [0.2, 0.25) is 5.89 Å². The van der Waals surface area contributed by atoms with Crippen LogP contribution in [-0.4, -0.2) is 15.0 Å². The van der Waals surface area contributed by atoms with E-state index in [4.69, 9.17) is 4.42 Å². The molecule has 0 atom stereocenters. The summed E-state index contributed by atoms with van der Waals surface area (Å²) < 4.78 is 6.69. The zero-order valence-corrected chi connectivity index (χ0v) is 11.8. The van der Waals surface area contributed by atoms with Crippen molar-refractivity contribution in [2.24, 2.45) is 0 Å². The number of aromatic nitrogens is 3. The van der Waals surface area contributed by atoms with Crippen LogP contribution in [0, 0.1) is 0 Å². The normalized spacial score (nSPS) is 11.2. The van der Waals surface area contributed by atoms with Crippen LogP contribution in [0.2, 0.25) is 0 Å². The van der Waals surface area contributed by atoms with Gasteiger partial charge in [0.25, 0.3) is 0 Å². The van der Waals surface area contributed by atoms with E-state index < -0.39 is 0 Å². The molecular formula is C15H8BrN3O. The van der Waals surface area contributed by atoms with Crippen LogP contribution in [0.5, 0.6) is 0 Å². The van der Waals surface area contributed by atoms with Crippen LogP contribution in [0.4, 0.5) is 0 Å². The van der Waals surface area contributed by atoms with E-state index in [1.54, 1.807) is 6.20 Å². The van der Waals surface area contributed by atoms with Crippen molar-refractivity contribution in [1.29, 1.82) is 0 Å². The van der Waals surface area contributed by atoms with Gasteiger partial charge in [-0.1, -0.05) is 28.1 Å². The van der Waals surface area contributed by atoms with E-state index in [0.29, 0.717) is 11.6 Å². The number of oxazole rings is 1. The summed E-state index contributed by atoms with van der Waals surface area (Å²) in [6.07, 6.45) is 1.68. The van der Waals surface area contributed by atoms with Crippen molar-refractivity contribution in [2.45, 2.75) is 0 Å². The summed E-state index contributed by atoms with van der Waals surface area (Å²) in [7, 11) is 0. The molecule has 4 aromatic rings. The molecule has 20 heavy (non-hydrogen) atoms. The maximum atomic E-state index is 5.72. The molecule has 0 amide bonds. The second-order valence-corrected chi connectivity index (χ2v) is 5.29. The van der Waals surface area contributed by atoms with E-state index in [9.17, 15) is 0 Å². The van der Waals surface area contributed by atoms with Crippen molar-refractivity contribution in [1.82, 2.24) is 15.0 Å². The Kier molecular flexibility index (Phi) is 2.53. The summed E-state index contributed by atoms with van der Waals surface area (Å²) in [5, 5.41) is 0. The number of halogens is 1. The van der Waals surface area contributed by atoms with Gasteiger partial charge in [-0.05, 0) is 30.3 Å². The van der Waals surface area contributed by atoms with Gasteiger partial charge in [0, 0.05) is 4.47 Å². The van der Waals surface area contributed by atoms with Gasteiger partial charge in [0.15, 0.2) is 5.58 Å². The van der Waals surface area contributed by atoms with Crippen LogP contribution in [0.15, 0.2) is 57.6 Å². The number of benzene rings is 2. The average molecular weight is 326 g/mol. The molecule has 2 aromatic carbocycles. The summed E-state index contributed by atoms with van der Waals surface area (Å²) in [4.78, 5) is 13.4. The summed E-state index contributed by atoms with van der Waals surface area (Å²) >= 11 is 3.42.